The maximum atomic E-state index is 4.52. The first-order valence-electron chi connectivity index (χ1n) is 7.19. The second-order valence-electron chi connectivity index (χ2n) is 5.58. The molecule has 0 saturated carbocycles. The van der Waals surface area contributed by atoms with Crippen molar-refractivity contribution in [3.8, 4) is 0 Å². The Morgan fingerprint density at radius 2 is 2.24 bits per heavy atom. The Morgan fingerprint density at radius 3 is 3.24 bits per heavy atom. The van der Waals surface area contributed by atoms with Crippen LogP contribution in [-0.4, -0.2) is 29.3 Å². The molecule has 0 unspecified atom stereocenters. The van der Waals surface area contributed by atoms with Gasteiger partial charge in [-0.1, -0.05) is 0 Å². The number of aromatic amines is 1. The molecule has 104 valence electrons. The Hall–Kier alpha value is -2.63. The Kier molecular flexibility index (Phi) is 2.08. The van der Waals surface area contributed by atoms with Crippen molar-refractivity contribution in [2.75, 3.05) is 0 Å². The van der Waals surface area contributed by atoms with E-state index in [0.717, 1.165) is 35.9 Å². The summed E-state index contributed by atoms with van der Waals surface area (Å²) in [6, 6.07) is 4.57. The van der Waals surface area contributed by atoms with E-state index in [2.05, 4.69) is 41.4 Å². The van der Waals surface area contributed by atoms with E-state index in [0.29, 0.717) is 6.04 Å². The smallest absolute Gasteiger partial charge is 0.139 e. The number of pyridine rings is 1. The molecule has 6 nitrogen and oxygen atoms in total. The summed E-state index contributed by atoms with van der Waals surface area (Å²) in [6.07, 6.45) is 9.78. The van der Waals surface area contributed by atoms with Crippen molar-refractivity contribution in [3.05, 3.63) is 42.7 Å². The normalized spacial score (nSPS) is 18.4. The summed E-state index contributed by atoms with van der Waals surface area (Å²) in [6.45, 7) is 0.905. The number of rotatable bonds is 1. The zero-order valence-electron chi connectivity index (χ0n) is 11.4. The summed E-state index contributed by atoms with van der Waals surface area (Å²) in [4.78, 5) is 12.1. The molecule has 0 fully saturated rings. The number of aryl methyl sites for hydroxylation is 1. The zero-order chi connectivity index (χ0) is 13.8. The maximum Gasteiger partial charge on any atom is 0.139 e. The van der Waals surface area contributed by atoms with Crippen molar-refractivity contribution in [1.29, 1.82) is 0 Å². The lowest BCUT2D eigenvalue weighted by Gasteiger charge is -2.25. The molecule has 1 aliphatic rings. The Balaban J connectivity index is 1.69. The predicted molar refractivity (Wildman–Crippen MR) is 79.0 cm³/mol. The second-order valence-corrected chi connectivity index (χ2v) is 5.58. The van der Waals surface area contributed by atoms with Gasteiger partial charge in [0.2, 0.25) is 0 Å². The number of fused-ring (bicyclic) bond motifs is 4. The van der Waals surface area contributed by atoms with E-state index in [1.807, 2.05) is 24.9 Å². The van der Waals surface area contributed by atoms with E-state index in [1.165, 1.54) is 11.2 Å². The second kappa shape index (κ2) is 3.94. The van der Waals surface area contributed by atoms with Crippen molar-refractivity contribution < 1.29 is 0 Å². The SMILES string of the molecule is c1cc2n(n1)C[C@@H](n1cnc3cnc4[nH]ccc4c31)CC2. The molecule has 1 N–H and O–H groups in total. The first-order chi connectivity index (χ1) is 10.4. The van der Waals surface area contributed by atoms with Crippen LogP contribution in [0.25, 0.3) is 22.1 Å². The molecule has 0 amide bonds. The van der Waals surface area contributed by atoms with Crippen LogP contribution in [0.1, 0.15) is 18.2 Å². The molecule has 0 spiro atoms. The van der Waals surface area contributed by atoms with Crippen LogP contribution in [0, 0.1) is 0 Å². The third-order valence-corrected chi connectivity index (χ3v) is 4.43. The summed E-state index contributed by atoms with van der Waals surface area (Å²) >= 11 is 0. The van der Waals surface area contributed by atoms with Gasteiger partial charge in [0.15, 0.2) is 0 Å². The molecule has 1 aliphatic heterocycles. The highest BCUT2D eigenvalue weighted by molar-refractivity contribution is 6.00. The lowest BCUT2D eigenvalue weighted by molar-refractivity contribution is 0.348. The van der Waals surface area contributed by atoms with Gasteiger partial charge >= 0.3 is 0 Å². The first-order valence-corrected chi connectivity index (χ1v) is 7.19. The van der Waals surface area contributed by atoms with E-state index < -0.39 is 0 Å². The van der Waals surface area contributed by atoms with Gasteiger partial charge in [0.05, 0.1) is 30.6 Å². The van der Waals surface area contributed by atoms with Gasteiger partial charge in [-0.05, 0) is 25.0 Å². The summed E-state index contributed by atoms with van der Waals surface area (Å²) in [5, 5.41) is 5.55. The quantitative estimate of drug-likeness (QED) is 0.581. The first kappa shape index (κ1) is 11.1. The highest BCUT2D eigenvalue weighted by atomic mass is 15.3. The molecule has 21 heavy (non-hydrogen) atoms. The fraction of sp³-hybridized carbons (Fsp3) is 0.267. The van der Waals surface area contributed by atoms with E-state index in [4.69, 9.17) is 0 Å². The van der Waals surface area contributed by atoms with Gasteiger partial charge in [-0.3, -0.25) is 4.68 Å². The van der Waals surface area contributed by atoms with Crippen molar-refractivity contribution in [3.63, 3.8) is 0 Å². The van der Waals surface area contributed by atoms with Crippen LogP contribution in [0.2, 0.25) is 0 Å². The van der Waals surface area contributed by atoms with Crippen LogP contribution in [0.3, 0.4) is 0 Å². The van der Waals surface area contributed by atoms with Gasteiger partial charge in [-0.15, -0.1) is 0 Å². The molecule has 6 heteroatoms. The standard InChI is InChI=1S/C15H14N6/c1-2-11(8-21-10(1)3-6-19-21)20-9-18-13-7-17-15-12(14(13)20)4-5-16-15/h3-7,9,11H,1-2,8H2,(H,16,17)/t11-/m0/s1. The molecule has 4 aromatic heterocycles. The van der Waals surface area contributed by atoms with Crippen LogP contribution >= 0.6 is 0 Å². The highest BCUT2D eigenvalue weighted by Crippen LogP contribution is 2.30. The molecular formula is C15H14N6. The maximum absolute atomic E-state index is 4.52. The Morgan fingerprint density at radius 1 is 1.24 bits per heavy atom. The van der Waals surface area contributed by atoms with Crippen LogP contribution in [0.5, 0.6) is 0 Å². The topological polar surface area (TPSA) is 64.3 Å². The molecule has 1 atom stereocenters. The minimum atomic E-state index is 0.392. The molecule has 0 bridgehead atoms. The number of H-pyrrole nitrogens is 1. The fourth-order valence-electron chi connectivity index (χ4n) is 3.38. The lowest BCUT2D eigenvalue weighted by Crippen LogP contribution is -2.23. The summed E-state index contributed by atoms with van der Waals surface area (Å²) in [5.74, 6) is 0. The Bertz CT molecular complexity index is 943. The van der Waals surface area contributed by atoms with Crippen molar-refractivity contribution in [2.45, 2.75) is 25.4 Å². The predicted octanol–water partition coefficient (Wildman–Crippen LogP) is 2.30. The van der Waals surface area contributed by atoms with E-state index in [1.54, 1.807) is 0 Å². The van der Waals surface area contributed by atoms with Gasteiger partial charge in [0.1, 0.15) is 11.2 Å². The highest BCUT2D eigenvalue weighted by Gasteiger charge is 2.22. The largest absolute Gasteiger partial charge is 0.346 e. The van der Waals surface area contributed by atoms with Crippen LogP contribution < -0.4 is 0 Å². The van der Waals surface area contributed by atoms with E-state index in [-0.39, 0.29) is 0 Å². The molecule has 4 aromatic rings. The number of imidazole rings is 1. The third-order valence-electron chi connectivity index (χ3n) is 4.43. The number of nitrogens with one attached hydrogen (secondary N) is 1. The van der Waals surface area contributed by atoms with E-state index >= 15 is 0 Å². The van der Waals surface area contributed by atoms with Gasteiger partial charge in [-0.25, -0.2) is 9.97 Å². The molecule has 0 aliphatic carbocycles. The molecule has 0 radical (unpaired) electrons. The zero-order valence-corrected chi connectivity index (χ0v) is 11.4. The van der Waals surface area contributed by atoms with Crippen molar-refractivity contribution in [2.24, 2.45) is 0 Å². The average molecular weight is 278 g/mol. The van der Waals surface area contributed by atoms with Gasteiger partial charge in [0.25, 0.3) is 0 Å². The average Bonchev–Trinajstić information content (AvgIpc) is 3.23. The van der Waals surface area contributed by atoms with E-state index in [9.17, 15) is 0 Å². The van der Waals surface area contributed by atoms with Crippen LogP contribution in [0.4, 0.5) is 0 Å². The van der Waals surface area contributed by atoms with Crippen LogP contribution in [0.15, 0.2) is 37.1 Å². The van der Waals surface area contributed by atoms with Crippen molar-refractivity contribution >= 4 is 22.1 Å². The Labute approximate surface area is 120 Å². The minimum Gasteiger partial charge on any atom is -0.346 e. The van der Waals surface area contributed by atoms with Crippen molar-refractivity contribution in [1.82, 2.24) is 29.3 Å². The lowest BCUT2D eigenvalue weighted by atomic mass is 10.1. The van der Waals surface area contributed by atoms with Gasteiger partial charge in [-0.2, -0.15) is 5.10 Å². The summed E-state index contributed by atoms with van der Waals surface area (Å²) < 4.78 is 4.40. The summed E-state index contributed by atoms with van der Waals surface area (Å²) in [5.41, 5.74) is 4.36. The molecule has 0 saturated heterocycles. The third kappa shape index (κ3) is 1.50. The molecular weight excluding hydrogens is 264 g/mol. The summed E-state index contributed by atoms with van der Waals surface area (Å²) in [7, 11) is 0. The molecule has 0 aromatic carbocycles. The minimum absolute atomic E-state index is 0.392. The fourth-order valence-corrected chi connectivity index (χ4v) is 3.38. The number of hydrogen-bond donors (Lipinski definition) is 1. The molecule has 5 heterocycles. The number of aromatic nitrogens is 6. The van der Waals surface area contributed by atoms with Gasteiger partial charge in [0, 0.05) is 23.5 Å². The van der Waals surface area contributed by atoms with Crippen LogP contribution in [-0.2, 0) is 13.0 Å². The monoisotopic (exact) mass is 278 g/mol. The molecule has 5 rings (SSSR count). The van der Waals surface area contributed by atoms with Gasteiger partial charge < -0.3 is 9.55 Å². The number of nitrogens with zero attached hydrogens (tertiary/aromatic N) is 5. The number of hydrogen-bond acceptors (Lipinski definition) is 3.